The van der Waals surface area contributed by atoms with E-state index in [4.69, 9.17) is 0 Å². The van der Waals surface area contributed by atoms with Crippen molar-refractivity contribution in [2.75, 3.05) is 0 Å². The molecule has 0 rings (SSSR count). The van der Waals surface area contributed by atoms with Crippen LogP contribution in [0.2, 0.25) is 0 Å². The molecule has 0 aliphatic heterocycles. The Morgan fingerprint density at radius 1 is 0.375 bits per heavy atom. The first-order valence-corrected chi connectivity index (χ1v) is 0. The van der Waals surface area contributed by atoms with Gasteiger partial charge in [-0.05, 0) is 0 Å². The summed E-state index contributed by atoms with van der Waals surface area (Å²) in [6, 6.07) is 0. The molecule has 0 aromatic carbocycles. The standard InChI is InChI=1S/6FH.H3N.Ti/h6*1H;1H3;. The molecule has 0 amide bonds. The van der Waals surface area contributed by atoms with Crippen molar-refractivity contribution in [2.45, 2.75) is 0 Å². The third kappa shape index (κ3) is 2670. The second kappa shape index (κ2) is 4390. The third-order valence-electron chi connectivity index (χ3n) is 0. The van der Waals surface area contributed by atoms with Gasteiger partial charge in [0.05, 0.1) is 0 Å². The molecular formula is H9F6NTi. The molecule has 0 fully saturated rings. The SMILES string of the molecule is F.F.F.F.F.F.N.[Ti]. The Morgan fingerprint density at radius 2 is 0.375 bits per heavy atom. The van der Waals surface area contributed by atoms with Gasteiger partial charge >= 0.3 is 0 Å². The number of halogens is 6. The molecule has 0 saturated carbocycles. The zero-order valence-electron chi connectivity index (χ0n) is 3.66. The number of hydrogen-bond acceptors (Lipinski definition) is 1. The van der Waals surface area contributed by atoms with Crippen LogP contribution in [0.4, 0.5) is 28.2 Å². The average Bonchev–Trinajstić information content (AvgIpc) is 0. The minimum atomic E-state index is 0. The van der Waals surface area contributed by atoms with E-state index in [0.29, 0.717) is 0 Å². The molecule has 3 N–H and O–H groups in total. The van der Waals surface area contributed by atoms with Gasteiger partial charge in [0.15, 0.2) is 0 Å². The van der Waals surface area contributed by atoms with Crippen molar-refractivity contribution in [3.05, 3.63) is 0 Å². The first-order valence-electron chi connectivity index (χ1n) is 0. The Hall–Kier alpha value is 0.254. The quantitative estimate of drug-likeness (QED) is 0.444. The molecule has 0 aromatic rings. The second-order valence-corrected chi connectivity index (χ2v) is 0. The van der Waals surface area contributed by atoms with Crippen molar-refractivity contribution >= 4 is 0 Å². The van der Waals surface area contributed by atoms with Crippen molar-refractivity contribution in [3.8, 4) is 0 Å². The average molecular weight is 185 g/mol. The van der Waals surface area contributed by atoms with E-state index in [1.165, 1.54) is 0 Å². The second-order valence-electron chi connectivity index (χ2n) is 0. The molecule has 8 heavy (non-hydrogen) atoms. The molecule has 0 aromatic heterocycles. The van der Waals surface area contributed by atoms with Crippen LogP contribution in [0.1, 0.15) is 0 Å². The van der Waals surface area contributed by atoms with Gasteiger partial charge < -0.3 is 6.15 Å². The van der Waals surface area contributed by atoms with Crippen LogP contribution >= 0.6 is 0 Å². The molecule has 0 unspecified atom stereocenters. The molecule has 0 spiro atoms. The minimum absolute atomic E-state index is 0. The van der Waals surface area contributed by atoms with Gasteiger partial charge in [0, 0.05) is 21.7 Å². The fourth-order valence-corrected chi connectivity index (χ4v) is 0. The van der Waals surface area contributed by atoms with Crippen LogP contribution in [0.5, 0.6) is 0 Å². The molecule has 0 atom stereocenters. The fraction of sp³-hybridized carbons (Fsp3) is 0. The normalized spacial score (nSPS) is 0. The van der Waals surface area contributed by atoms with E-state index in [0.717, 1.165) is 0 Å². The summed E-state index contributed by atoms with van der Waals surface area (Å²) < 4.78 is 0. The van der Waals surface area contributed by atoms with Crippen LogP contribution in [0, 0.1) is 0 Å². The maximum atomic E-state index is 0. The molecule has 0 radical (unpaired) electrons. The van der Waals surface area contributed by atoms with Crippen molar-refractivity contribution < 1.29 is 49.9 Å². The zero-order valence-corrected chi connectivity index (χ0v) is 5.22. The maximum Gasteiger partial charge on any atom is 0 e. The van der Waals surface area contributed by atoms with Gasteiger partial charge in [0.2, 0.25) is 0 Å². The first-order chi connectivity index (χ1) is 0. The van der Waals surface area contributed by atoms with E-state index in [9.17, 15) is 0 Å². The summed E-state index contributed by atoms with van der Waals surface area (Å²) in [7, 11) is 0. The molecule has 0 heterocycles. The Bertz CT molecular complexity index is 8.49. The first kappa shape index (κ1) is 6720. The molecule has 1 nitrogen and oxygen atoms in total. The molecular weight excluding hydrogens is 176 g/mol. The van der Waals surface area contributed by atoms with Crippen LogP contribution in [0.15, 0.2) is 0 Å². The van der Waals surface area contributed by atoms with E-state index in [1.54, 1.807) is 0 Å². The van der Waals surface area contributed by atoms with Crippen molar-refractivity contribution in [2.24, 2.45) is 0 Å². The monoisotopic (exact) mass is 185 g/mol. The van der Waals surface area contributed by atoms with Crippen LogP contribution < -0.4 is 6.15 Å². The van der Waals surface area contributed by atoms with Crippen LogP contribution in [-0.4, -0.2) is 0 Å². The topological polar surface area (TPSA) is 35.0 Å². The predicted octanol–water partition coefficient (Wildman–Crippen LogP) is 1.07. The summed E-state index contributed by atoms with van der Waals surface area (Å²) in [4.78, 5) is 0. The van der Waals surface area contributed by atoms with Crippen molar-refractivity contribution in [1.29, 1.82) is 0 Å². The Kier molecular flexibility index (Phi) is 3690000. The van der Waals surface area contributed by atoms with E-state index >= 15 is 0 Å². The largest absolute Gasteiger partial charge is 0.344 e. The number of rotatable bonds is 0. The summed E-state index contributed by atoms with van der Waals surface area (Å²) in [5.41, 5.74) is 0. The molecule has 0 aliphatic rings. The summed E-state index contributed by atoms with van der Waals surface area (Å²) in [6.07, 6.45) is 0. The van der Waals surface area contributed by atoms with Gasteiger partial charge in [-0.1, -0.05) is 0 Å². The summed E-state index contributed by atoms with van der Waals surface area (Å²) in [6.45, 7) is 0. The molecule has 0 bridgehead atoms. The number of hydrogen-bond donors (Lipinski definition) is 1. The van der Waals surface area contributed by atoms with E-state index < -0.39 is 0 Å². The van der Waals surface area contributed by atoms with Crippen LogP contribution in [0.3, 0.4) is 0 Å². The van der Waals surface area contributed by atoms with Gasteiger partial charge in [-0.2, -0.15) is 0 Å². The Balaban J connectivity index is 0. The van der Waals surface area contributed by atoms with E-state index in [1.807, 2.05) is 0 Å². The van der Waals surface area contributed by atoms with Crippen LogP contribution in [0.25, 0.3) is 0 Å². The third-order valence-corrected chi connectivity index (χ3v) is 0. The molecule has 0 aliphatic carbocycles. The summed E-state index contributed by atoms with van der Waals surface area (Å²) in [5, 5.41) is 0. The summed E-state index contributed by atoms with van der Waals surface area (Å²) in [5.74, 6) is 0. The fourth-order valence-electron chi connectivity index (χ4n) is 0. The van der Waals surface area contributed by atoms with Crippen LogP contribution in [-0.2, 0) is 21.7 Å². The van der Waals surface area contributed by atoms with Crippen molar-refractivity contribution in [3.63, 3.8) is 0 Å². The summed E-state index contributed by atoms with van der Waals surface area (Å²) >= 11 is 0. The predicted molar refractivity (Wildman–Crippen MR) is 20.0 cm³/mol. The molecule has 8 heteroatoms. The smallest absolute Gasteiger partial charge is 0 e. The minimum Gasteiger partial charge on any atom is -0.344 e. The van der Waals surface area contributed by atoms with Gasteiger partial charge in [0.25, 0.3) is 0 Å². The molecule has 0 saturated heterocycles. The van der Waals surface area contributed by atoms with Gasteiger partial charge in [-0.15, -0.1) is 0 Å². The maximum absolute atomic E-state index is 0. The molecule has 60 valence electrons. The Labute approximate surface area is 56.9 Å². The van der Waals surface area contributed by atoms with Gasteiger partial charge in [-0.25, -0.2) is 0 Å². The van der Waals surface area contributed by atoms with E-state index in [-0.39, 0.29) is 56.1 Å². The van der Waals surface area contributed by atoms with E-state index in [2.05, 4.69) is 0 Å². The Morgan fingerprint density at radius 3 is 0.375 bits per heavy atom. The van der Waals surface area contributed by atoms with Crippen molar-refractivity contribution in [1.82, 2.24) is 6.15 Å². The van der Waals surface area contributed by atoms with Gasteiger partial charge in [0.1, 0.15) is 0 Å². The van der Waals surface area contributed by atoms with Gasteiger partial charge in [-0.3, -0.25) is 28.2 Å². The zero-order chi connectivity index (χ0) is 0.